The van der Waals surface area contributed by atoms with E-state index in [0.29, 0.717) is 23.4 Å². The number of aromatic nitrogens is 4. The summed E-state index contributed by atoms with van der Waals surface area (Å²) in [7, 11) is 2.77. The van der Waals surface area contributed by atoms with Crippen molar-refractivity contribution >= 4 is 64.7 Å². The van der Waals surface area contributed by atoms with Crippen LogP contribution in [0, 0.1) is 0 Å². The maximum absolute atomic E-state index is 13.6. The number of thiophene rings is 2. The van der Waals surface area contributed by atoms with Crippen LogP contribution in [0.25, 0.3) is 20.4 Å². The lowest BCUT2D eigenvalue weighted by molar-refractivity contribution is 0.667. The number of allylic oxidation sites excluding steroid dienone is 2. The summed E-state index contributed by atoms with van der Waals surface area (Å²) in [6.07, 6.45) is 12.0. The Labute approximate surface area is 224 Å². The van der Waals surface area contributed by atoms with E-state index in [4.69, 9.17) is 9.97 Å². The molecule has 2 aliphatic carbocycles. The molecular formula is C26H26N4O2S4. The summed E-state index contributed by atoms with van der Waals surface area (Å²) in [4.78, 5) is 41.2. The van der Waals surface area contributed by atoms with Gasteiger partial charge in [0.2, 0.25) is 0 Å². The summed E-state index contributed by atoms with van der Waals surface area (Å²) < 4.78 is 3.40. The van der Waals surface area contributed by atoms with Gasteiger partial charge >= 0.3 is 0 Å². The molecule has 0 amide bonds. The van der Waals surface area contributed by atoms with E-state index in [1.807, 2.05) is 0 Å². The zero-order valence-corrected chi connectivity index (χ0v) is 23.1. The molecule has 0 bridgehead atoms. The third-order valence-electron chi connectivity index (χ3n) is 6.89. The van der Waals surface area contributed by atoms with E-state index in [9.17, 15) is 9.59 Å². The number of rotatable bonds is 7. The molecule has 36 heavy (non-hydrogen) atoms. The molecular weight excluding hydrogens is 529 g/mol. The van der Waals surface area contributed by atoms with E-state index in [1.165, 1.54) is 55.3 Å². The zero-order valence-electron chi connectivity index (χ0n) is 19.9. The van der Waals surface area contributed by atoms with Crippen molar-refractivity contribution in [2.24, 2.45) is 0 Å². The van der Waals surface area contributed by atoms with Crippen LogP contribution in [0.5, 0.6) is 0 Å². The van der Waals surface area contributed by atoms with Crippen molar-refractivity contribution in [1.82, 2.24) is 19.1 Å². The zero-order chi connectivity index (χ0) is 24.8. The summed E-state index contributed by atoms with van der Waals surface area (Å²) in [6.45, 7) is 8.49. The van der Waals surface area contributed by atoms with Crippen molar-refractivity contribution in [3.8, 4) is 0 Å². The van der Waals surface area contributed by atoms with Crippen molar-refractivity contribution in [2.75, 3.05) is 0 Å². The van der Waals surface area contributed by atoms with Crippen LogP contribution in [0.15, 0.2) is 45.2 Å². The second-order valence-corrected chi connectivity index (χ2v) is 13.4. The van der Waals surface area contributed by atoms with Crippen molar-refractivity contribution in [3.05, 3.63) is 66.9 Å². The molecule has 0 saturated carbocycles. The molecule has 10 heteroatoms. The van der Waals surface area contributed by atoms with Crippen LogP contribution in [0.4, 0.5) is 0 Å². The molecule has 0 spiro atoms. The standard InChI is InChI=1S/C26H26N4O2S4/c1-3-13-29-23(31)19-15-9-5-7-11-17(15)33-21(19)27-25(29)35-36-26-28-22-20(24(32)30(26)14-4-2)16-10-6-8-12-18(16)34-22/h3-4H,1-2,5-14H2. The quantitative estimate of drug-likeness (QED) is 0.155. The van der Waals surface area contributed by atoms with Gasteiger partial charge in [0, 0.05) is 22.8 Å². The van der Waals surface area contributed by atoms with Gasteiger partial charge in [0.15, 0.2) is 10.3 Å². The van der Waals surface area contributed by atoms with Gasteiger partial charge in [-0.25, -0.2) is 9.97 Å². The van der Waals surface area contributed by atoms with Gasteiger partial charge < -0.3 is 0 Å². The fraction of sp³-hybridized carbons (Fsp3) is 0.385. The topological polar surface area (TPSA) is 69.8 Å². The Balaban J connectivity index is 1.43. The number of aryl methyl sites for hydroxylation is 4. The summed E-state index contributed by atoms with van der Waals surface area (Å²) >= 11 is 3.30. The van der Waals surface area contributed by atoms with Gasteiger partial charge in [0.25, 0.3) is 11.1 Å². The highest BCUT2D eigenvalue weighted by molar-refractivity contribution is 8.76. The molecule has 2 aliphatic rings. The average molecular weight is 555 g/mol. The molecule has 0 aromatic carbocycles. The lowest BCUT2D eigenvalue weighted by Crippen LogP contribution is -2.24. The maximum Gasteiger partial charge on any atom is 0.263 e. The Hall–Kier alpha value is -2.14. The molecule has 0 saturated heterocycles. The summed E-state index contributed by atoms with van der Waals surface area (Å²) in [5, 5.41) is 2.78. The van der Waals surface area contributed by atoms with Gasteiger partial charge in [-0.15, -0.1) is 35.8 Å². The van der Waals surface area contributed by atoms with E-state index in [-0.39, 0.29) is 11.1 Å². The molecule has 0 aliphatic heterocycles. The molecule has 0 atom stereocenters. The first kappa shape index (κ1) is 24.2. The Morgan fingerprint density at radius 3 is 1.56 bits per heavy atom. The molecule has 186 valence electrons. The van der Waals surface area contributed by atoms with E-state index < -0.39 is 0 Å². The number of fused-ring (bicyclic) bond motifs is 6. The first-order chi connectivity index (χ1) is 17.6. The molecule has 4 aromatic rings. The van der Waals surface area contributed by atoms with Crippen molar-refractivity contribution in [3.63, 3.8) is 0 Å². The third-order valence-corrected chi connectivity index (χ3v) is 11.4. The second kappa shape index (κ2) is 9.96. The first-order valence-corrected chi connectivity index (χ1v) is 16.1. The van der Waals surface area contributed by atoms with Crippen LogP contribution in [0.3, 0.4) is 0 Å². The Morgan fingerprint density at radius 1 is 0.722 bits per heavy atom. The Kier molecular flexibility index (Phi) is 6.70. The number of hydrogen-bond donors (Lipinski definition) is 0. The minimum atomic E-state index is 0.000209. The van der Waals surface area contributed by atoms with Crippen molar-refractivity contribution < 1.29 is 0 Å². The summed E-state index contributed by atoms with van der Waals surface area (Å²) in [6, 6.07) is 0. The highest BCUT2D eigenvalue weighted by Crippen LogP contribution is 2.40. The smallest absolute Gasteiger partial charge is 0.263 e. The Bertz CT molecular complexity index is 1520. The third kappa shape index (κ3) is 4.02. The van der Waals surface area contributed by atoms with E-state index in [1.54, 1.807) is 44.0 Å². The molecule has 0 N–H and O–H groups in total. The predicted octanol–water partition coefficient (Wildman–Crippen LogP) is 6.16. The van der Waals surface area contributed by atoms with E-state index in [2.05, 4.69) is 13.2 Å². The Morgan fingerprint density at radius 2 is 1.14 bits per heavy atom. The largest absolute Gasteiger partial charge is 0.282 e. The minimum Gasteiger partial charge on any atom is -0.282 e. The van der Waals surface area contributed by atoms with Crippen molar-refractivity contribution in [2.45, 2.75) is 74.8 Å². The number of hydrogen-bond acceptors (Lipinski definition) is 8. The molecule has 0 radical (unpaired) electrons. The highest BCUT2D eigenvalue weighted by atomic mass is 33.1. The van der Waals surface area contributed by atoms with Crippen molar-refractivity contribution in [1.29, 1.82) is 0 Å². The first-order valence-electron chi connectivity index (χ1n) is 12.3. The van der Waals surface area contributed by atoms with Crippen LogP contribution in [0.1, 0.15) is 46.6 Å². The van der Waals surface area contributed by atoms with Gasteiger partial charge in [0.05, 0.1) is 10.8 Å². The second-order valence-electron chi connectivity index (χ2n) is 9.15. The van der Waals surface area contributed by atoms with Crippen LogP contribution >= 0.6 is 44.3 Å². The van der Waals surface area contributed by atoms with E-state index >= 15 is 0 Å². The van der Waals surface area contributed by atoms with Crippen LogP contribution in [-0.2, 0) is 38.8 Å². The van der Waals surface area contributed by atoms with Crippen LogP contribution in [-0.4, -0.2) is 19.1 Å². The molecule has 4 heterocycles. The molecule has 4 aromatic heterocycles. The lowest BCUT2D eigenvalue weighted by atomic mass is 9.97. The average Bonchev–Trinajstić information content (AvgIpc) is 3.44. The molecule has 0 unspecified atom stereocenters. The van der Waals surface area contributed by atoms with Gasteiger partial charge in [-0.1, -0.05) is 12.2 Å². The molecule has 6 rings (SSSR count). The predicted molar refractivity (Wildman–Crippen MR) is 153 cm³/mol. The molecule has 6 nitrogen and oxygen atoms in total. The van der Waals surface area contributed by atoms with Crippen LogP contribution in [0.2, 0.25) is 0 Å². The minimum absolute atomic E-state index is 0.000209. The normalized spacial score (nSPS) is 15.2. The summed E-state index contributed by atoms with van der Waals surface area (Å²) in [5.41, 5.74) is 2.38. The van der Waals surface area contributed by atoms with E-state index in [0.717, 1.165) is 59.0 Å². The monoisotopic (exact) mass is 554 g/mol. The SMILES string of the molecule is C=CCn1c(SSc2nc3sc4c(c3c(=O)n2CC=C)CCCC4)nc2sc3c(c2c1=O)CCCC3. The van der Waals surface area contributed by atoms with Crippen LogP contribution < -0.4 is 11.1 Å². The van der Waals surface area contributed by atoms with Gasteiger partial charge in [-0.05, 0) is 84.1 Å². The highest BCUT2D eigenvalue weighted by Gasteiger charge is 2.24. The number of nitrogens with zero attached hydrogens (tertiary/aromatic N) is 4. The summed E-state index contributed by atoms with van der Waals surface area (Å²) in [5.74, 6) is 0. The van der Waals surface area contributed by atoms with Gasteiger partial charge in [0.1, 0.15) is 9.66 Å². The fourth-order valence-electron chi connectivity index (χ4n) is 5.22. The fourth-order valence-corrected chi connectivity index (χ4v) is 9.95. The molecule has 0 fully saturated rings. The lowest BCUT2D eigenvalue weighted by Gasteiger charge is -2.13. The maximum atomic E-state index is 13.6. The van der Waals surface area contributed by atoms with Gasteiger partial charge in [-0.2, -0.15) is 0 Å². The van der Waals surface area contributed by atoms with Gasteiger partial charge in [-0.3, -0.25) is 18.7 Å².